The molecule has 1 N–H and O–H groups in total. The molecule has 0 aromatic rings. The minimum Gasteiger partial charge on any atom is -0.505 e. The monoisotopic (exact) mass is 181 g/mol. The van der Waals surface area contributed by atoms with Crippen LogP contribution in [-0.2, 0) is 9.53 Å². The van der Waals surface area contributed by atoms with Crippen molar-refractivity contribution in [3.8, 4) is 12.3 Å². The minimum absolute atomic E-state index is 0.434. The molecule has 68 valence electrons. The fourth-order valence-electron chi connectivity index (χ4n) is 0.511. The highest BCUT2D eigenvalue weighted by Gasteiger charge is 2.29. The third-order valence-electron chi connectivity index (χ3n) is 1.15. The van der Waals surface area contributed by atoms with Gasteiger partial charge in [-0.2, -0.15) is 0 Å². The number of hydrogen-bond acceptors (Lipinski definition) is 4. The average molecular weight is 181 g/mol. The van der Waals surface area contributed by atoms with E-state index in [0.717, 1.165) is 0 Å². The van der Waals surface area contributed by atoms with Gasteiger partial charge in [-0.15, -0.1) is 6.42 Å². The number of nitrogens with zero attached hydrogens (tertiary/aromatic N) is 2. The van der Waals surface area contributed by atoms with E-state index in [1.165, 1.54) is 13.8 Å². The van der Waals surface area contributed by atoms with Crippen LogP contribution >= 0.6 is 0 Å². The summed E-state index contributed by atoms with van der Waals surface area (Å²) in [5, 5.41) is 17.1. The summed E-state index contributed by atoms with van der Waals surface area (Å²) in [5.74, 6) is 0.745. The maximum absolute atomic E-state index is 11.0. The Hall–Kier alpha value is -2.01. The molecule has 5 nitrogen and oxygen atoms in total. The summed E-state index contributed by atoms with van der Waals surface area (Å²) in [6.07, 6.45) is 4.21. The van der Waals surface area contributed by atoms with Gasteiger partial charge in [0.1, 0.15) is 0 Å². The van der Waals surface area contributed by atoms with Gasteiger partial charge in [0.05, 0.1) is 0 Å². The largest absolute Gasteiger partial charge is 0.505 e. The normalized spacial score (nSPS) is 13.2. The number of aliphatic hydroxyl groups excluding tert-OH is 1. The van der Waals surface area contributed by atoms with E-state index in [9.17, 15) is 4.79 Å². The lowest BCUT2D eigenvalue weighted by Gasteiger charge is -2.01. The van der Waals surface area contributed by atoms with Gasteiger partial charge in [0.25, 0.3) is 0 Å². The van der Waals surface area contributed by atoms with E-state index in [2.05, 4.69) is 15.6 Å². The Morgan fingerprint density at radius 2 is 2.31 bits per heavy atom. The highest BCUT2D eigenvalue weighted by molar-refractivity contribution is 5.90. The smallest absolute Gasteiger partial charge is 0.504 e. The predicted octanol–water partition coefficient (Wildman–Crippen LogP) is 1.19. The second-order valence-electron chi connectivity index (χ2n) is 2.25. The van der Waals surface area contributed by atoms with E-state index in [-0.39, 0.29) is 0 Å². The number of diazo groups is 1. The molecule has 0 bridgehead atoms. The van der Waals surface area contributed by atoms with E-state index in [0.29, 0.717) is 0 Å². The highest BCUT2D eigenvalue weighted by Crippen LogP contribution is 2.06. The summed E-state index contributed by atoms with van der Waals surface area (Å²) in [5.41, 5.74) is -0.554. The molecule has 0 fully saturated rings. The third-order valence-corrected chi connectivity index (χ3v) is 1.15. The maximum Gasteiger partial charge on any atom is 0.504 e. The van der Waals surface area contributed by atoms with Crippen LogP contribution in [-0.4, -0.2) is 17.2 Å². The Kier molecular flexibility index (Phi) is 4.05. The Morgan fingerprint density at radius 3 is 2.62 bits per heavy atom. The molecule has 1 unspecified atom stereocenters. The van der Waals surface area contributed by atoms with Crippen LogP contribution in [0.3, 0.4) is 0 Å². The molecule has 0 amide bonds. The number of esters is 1. The van der Waals surface area contributed by atoms with Gasteiger partial charge in [-0.3, -0.25) is 0 Å². The van der Waals surface area contributed by atoms with E-state index in [4.69, 9.17) is 16.9 Å². The summed E-state index contributed by atoms with van der Waals surface area (Å²) in [7, 11) is 0. The van der Waals surface area contributed by atoms with Gasteiger partial charge in [0.15, 0.2) is 16.8 Å². The molecule has 1 atom stereocenters. The topological polar surface area (TPSA) is 74.7 Å². The number of carbonyl (C=O) groups is 1. The van der Waals surface area contributed by atoms with Crippen molar-refractivity contribution in [2.24, 2.45) is 0 Å². The van der Waals surface area contributed by atoms with Crippen LogP contribution in [0.2, 0.25) is 0 Å². The quantitative estimate of drug-likeness (QED) is 0.228. The van der Waals surface area contributed by atoms with Gasteiger partial charge in [0, 0.05) is 6.92 Å². The molecule has 0 aromatic carbocycles. The van der Waals surface area contributed by atoms with Crippen molar-refractivity contribution in [1.29, 1.82) is 5.39 Å². The molecule has 0 saturated heterocycles. The third kappa shape index (κ3) is 3.26. The van der Waals surface area contributed by atoms with E-state index < -0.39 is 23.5 Å². The summed E-state index contributed by atoms with van der Waals surface area (Å²) >= 11 is 0. The zero-order valence-corrected chi connectivity index (χ0v) is 7.31. The molecule has 0 spiro atoms. The second-order valence-corrected chi connectivity index (χ2v) is 2.25. The number of terminal acetylenes is 1. The number of carbonyl (C=O) groups excluding carboxylic acids is 1. The molecule has 0 rings (SSSR count). The molecule has 0 saturated carbocycles. The fraction of sp³-hybridized carbons (Fsp3) is 0.375. The molecule has 0 radical (unpaired) electrons. The average Bonchev–Trinajstić information content (AvgIpc) is 2.04. The SMILES string of the molecule is C#CC(C)OC(=O)/C([N+]#N)=C(/C)O. The fourth-order valence-corrected chi connectivity index (χ4v) is 0.511. The lowest BCUT2D eigenvalue weighted by molar-refractivity contribution is -0.140. The first-order chi connectivity index (χ1) is 6.02. The van der Waals surface area contributed by atoms with Gasteiger partial charge in [0.2, 0.25) is 5.39 Å². The summed E-state index contributed by atoms with van der Waals surface area (Å²) in [6, 6.07) is 0. The van der Waals surface area contributed by atoms with Crippen LogP contribution in [0.4, 0.5) is 0 Å². The van der Waals surface area contributed by atoms with Gasteiger partial charge in [-0.1, -0.05) is 5.92 Å². The van der Waals surface area contributed by atoms with Crippen LogP contribution in [0.15, 0.2) is 11.5 Å². The lowest BCUT2D eigenvalue weighted by Crippen LogP contribution is -2.14. The Balaban J connectivity index is 4.57. The zero-order chi connectivity index (χ0) is 10.4. The summed E-state index contributed by atoms with van der Waals surface area (Å²) < 4.78 is 4.57. The molecule has 0 aliphatic carbocycles. The van der Waals surface area contributed by atoms with Crippen molar-refractivity contribution in [3.63, 3.8) is 0 Å². The van der Waals surface area contributed by atoms with Crippen LogP contribution in [0.1, 0.15) is 13.8 Å². The number of rotatable bonds is 2. The van der Waals surface area contributed by atoms with E-state index >= 15 is 0 Å². The van der Waals surface area contributed by atoms with Crippen LogP contribution in [0, 0.1) is 17.7 Å². The highest BCUT2D eigenvalue weighted by atomic mass is 16.5. The molecule has 0 aliphatic heterocycles. The molecular formula is C8H9N2O3+. The minimum atomic E-state index is -0.965. The van der Waals surface area contributed by atoms with Gasteiger partial charge in [-0.25, -0.2) is 4.79 Å². The Morgan fingerprint density at radius 1 is 1.77 bits per heavy atom. The van der Waals surface area contributed by atoms with Crippen LogP contribution in [0.5, 0.6) is 0 Å². The Labute approximate surface area is 75.6 Å². The number of ether oxygens (including phenoxy) is 1. The van der Waals surface area contributed by atoms with Crippen molar-refractivity contribution >= 4 is 5.97 Å². The number of aliphatic hydroxyl groups is 1. The van der Waals surface area contributed by atoms with E-state index in [1.54, 1.807) is 0 Å². The molecule has 0 aromatic heterocycles. The first-order valence-corrected chi connectivity index (χ1v) is 3.45. The van der Waals surface area contributed by atoms with Crippen molar-refractivity contribution in [2.75, 3.05) is 0 Å². The standard InChI is InChI=1S/C8H8N2O3/c1-4-5(2)13-8(12)7(10-9)6(3)11/h1,5H,2-3H3/p+1. The molecule has 13 heavy (non-hydrogen) atoms. The first kappa shape index (κ1) is 11.0. The molecule has 0 heterocycles. The van der Waals surface area contributed by atoms with E-state index in [1.807, 2.05) is 0 Å². The number of hydrogen-bond donors (Lipinski definition) is 1. The van der Waals surface area contributed by atoms with Crippen molar-refractivity contribution in [1.82, 2.24) is 0 Å². The van der Waals surface area contributed by atoms with Crippen LogP contribution < -0.4 is 0 Å². The van der Waals surface area contributed by atoms with Crippen LogP contribution in [0.25, 0.3) is 4.98 Å². The number of allylic oxidation sites excluding steroid dienone is 1. The van der Waals surface area contributed by atoms with Gasteiger partial charge in [-0.05, 0) is 6.92 Å². The van der Waals surface area contributed by atoms with Crippen molar-refractivity contribution in [3.05, 3.63) is 16.4 Å². The zero-order valence-electron chi connectivity index (χ0n) is 7.31. The van der Waals surface area contributed by atoms with Gasteiger partial charge >= 0.3 is 11.7 Å². The summed E-state index contributed by atoms with van der Waals surface area (Å²) in [4.78, 5) is 13.6. The predicted molar refractivity (Wildman–Crippen MR) is 44.8 cm³/mol. The molecule has 5 heteroatoms. The molecule has 0 aliphatic rings. The van der Waals surface area contributed by atoms with Crippen molar-refractivity contribution in [2.45, 2.75) is 20.0 Å². The summed E-state index contributed by atoms with van der Waals surface area (Å²) in [6.45, 7) is 2.66. The van der Waals surface area contributed by atoms with Gasteiger partial charge < -0.3 is 9.84 Å². The Bertz CT molecular complexity index is 315. The van der Waals surface area contributed by atoms with Crippen molar-refractivity contribution < 1.29 is 14.6 Å². The molecular weight excluding hydrogens is 172 g/mol. The second kappa shape index (κ2) is 4.78. The lowest BCUT2D eigenvalue weighted by atomic mass is 10.4. The maximum atomic E-state index is 11.0. The first-order valence-electron chi connectivity index (χ1n) is 3.45.